The summed E-state index contributed by atoms with van der Waals surface area (Å²) < 4.78 is 29.0. The summed E-state index contributed by atoms with van der Waals surface area (Å²) in [5.74, 6) is 0.742. The van der Waals surface area contributed by atoms with Gasteiger partial charge in [0, 0.05) is 48.4 Å². The number of nitrogens with one attached hydrogen (secondary N) is 1. The molecule has 1 N–H and O–H groups in total. The zero-order chi connectivity index (χ0) is 32.1. The third-order valence-electron chi connectivity index (χ3n) is 10.4. The Hall–Kier alpha value is -4.60. The van der Waals surface area contributed by atoms with Crippen molar-refractivity contribution in [1.82, 2.24) is 4.90 Å². The van der Waals surface area contributed by atoms with E-state index in [2.05, 4.69) is 41.7 Å². The molecule has 9 nitrogen and oxygen atoms in total. The molecule has 0 saturated carbocycles. The van der Waals surface area contributed by atoms with E-state index in [-0.39, 0.29) is 42.5 Å². The lowest BCUT2D eigenvalue weighted by atomic mass is 9.75. The van der Waals surface area contributed by atoms with Gasteiger partial charge in [0.25, 0.3) is 0 Å². The number of carbonyl (C=O) groups excluding carboxylic acids is 2. The molecule has 0 aromatic heterocycles. The Balaban J connectivity index is 1.11. The Kier molecular flexibility index (Phi) is 7.53. The van der Waals surface area contributed by atoms with Crippen molar-refractivity contribution in [1.29, 1.82) is 0 Å². The van der Waals surface area contributed by atoms with E-state index in [4.69, 9.17) is 23.7 Å². The summed E-state index contributed by atoms with van der Waals surface area (Å²) in [5.41, 5.74) is 7.88. The van der Waals surface area contributed by atoms with Crippen LogP contribution in [0.4, 0.5) is 10.5 Å². The highest BCUT2D eigenvalue weighted by Crippen LogP contribution is 2.58. The van der Waals surface area contributed by atoms with Gasteiger partial charge in [0.2, 0.25) is 5.91 Å². The largest absolute Gasteiger partial charge is 0.493 e. The van der Waals surface area contributed by atoms with Crippen molar-refractivity contribution in [2.45, 2.75) is 43.8 Å². The van der Waals surface area contributed by atoms with Gasteiger partial charge in [-0.25, -0.2) is 4.79 Å². The molecule has 3 aliphatic heterocycles. The van der Waals surface area contributed by atoms with Gasteiger partial charge < -0.3 is 28.6 Å². The summed E-state index contributed by atoms with van der Waals surface area (Å²) in [7, 11) is 3.15. The highest BCUT2D eigenvalue weighted by atomic mass is 16.7. The molecule has 0 spiro atoms. The minimum absolute atomic E-state index is 0.0551. The molecule has 2 atom stereocenters. The molecular formula is C38H38N2O7. The number of hydrogen-bond donors (Lipinski definition) is 1. The quantitative estimate of drug-likeness (QED) is 0.274. The molecule has 3 aromatic rings. The second-order valence-corrected chi connectivity index (χ2v) is 12.8. The van der Waals surface area contributed by atoms with Crippen LogP contribution in [0.1, 0.15) is 54.2 Å². The second kappa shape index (κ2) is 11.9. The number of carbonyl (C=O) groups is 2. The highest BCUT2D eigenvalue weighted by molar-refractivity contribution is 5.89. The second-order valence-electron chi connectivity index (χ2n) is 12.8. The molecule has 2 amide bonds. The molecule has 1 saturated heterocycles. The minimum atomic E-state index is -0.571. The van der Waals surface area contributed by atoms with E-state index in [1.807, 2.05) is 35.2 Å². The molecule has 242 valence electrons. The SMILES string of the molecule is COc1cc(NC(=O)OCC2c3ccccc3-c3ccccc32)c([C@@H]2CC(=O)N3CC=C[C@@]4(CC5OCCO5)CCC2=C34)cc1OC. The number of fused-ring (bicyclic) bond motifs is 3. The number of ether oxygens (including phenoxy) is 5. The molecule has 0 unspecified atom stereocenters. The van der Waals surface area contributed by atoms with Crippen LogP contribution in [0.3, 0.4) is 0 Å². The van der Waals surface area contributed by atoms with E-state index < -0.39 is 6.09 Å². The number of benzene rings is 3. The van der Waals surface area contributed by atoms with Crippen LogP contribution in [-0.4, -0.2) is 63.8 Å². The zero-order valence-electron chi connectivity index (χ0n) is 26.6. The van der Waals surface area contributed by atoms with Gasteiger partial charge in [0.15, 0.2) is 17.8 Å². The molecule has 5 aliphatic rings. The first-order valence-corrected chi connectivity index (χ1v) is 16.3. The van der Waals surface area contributed by atoms with E-state index in [0.717, 1.165) is 35.2 Å². The Bertz CT molecular complexity index is 1760. The maximum atomic E-state index is 13.8. The number of hydrogen-bond acceptors (Lipinski definition) is 7. The summed E-state index contributed by atoms with van der Waals surface area (Å²) in [6.45, 7) is 1.90. The first-order valence-electron chi connectivity index (χ1n) is 16.3. The molecule has 3 aromatic carbocycles. The number of amides is 2. The van der Waals surface area contributed by atoms with E-state index in [1.54, 1.807) is 20.3 Å². The standard InChI is InChI=1S/C38H38N2O7/c1-43-32-18-29(28-19-34(41)40-15-7-13-38(14-12-27(28)36(38)40)21-35-45-16-17-46-35)31(20-33(32)44-2)39-37(42)47-22-30-25-10-5-3-8-23(25)24-9-4-6-11-26(24)30/h3-11,13,18,20,28,30,35H,12,14-17,19,21-22H2,1-2H3,(H,39,42)/t28-,38+/m1/s1. The Labute approximate surface area is 274 Å². The van der Waals surface area contributed by atoms with Gasteiger partial charge in [-0.1, -0.05) is 60.7 Å². The molecule has 2 aliphatic carbocycles. The van der Waals surface area contributed by atoms with E-state index in [1.165, 1.54) is 16.7 Å². The summed E-state index contributed by atoms with van der Waals surface area (Å²) in [6, 6.07) is 20.2. The molecule has 9 heteroatoms. The average Bonchev–Trinajstić information content (AvgIpc) is 3.83. The van der Waals surface area contributed by atoms with Crippen LogP contribution in [0, 0.1) is 5.41 Å². The third kappa shape index (κ3) is 5.00. The third-order valence-corrected chi connectivity index (χ3v) is 10.4. The van der Waals surface area contributed by atoms with Crippen LogP contribution in [-0.2, 0) is 19.0 Å². The lowest BCUT2D eigenvalue weighted by Gasteiger charge is -2.43. The van der Waals surface area contributed by atoms with Gasteiger partial charge in [-0.05, 0) is 52.3 Å². The number of methoxy groups -OCH3 is 2. The molecule has 1 fully saturated rings. The molecule has 47 heavy (non-hydrogen) atoms. The average molecular weight is 635 g/mol. The Morgan fingerprint density at radius 1 is 0.957 bits per heavy atom. The van der Waals surface area contributed by atoms with Crippen molar-refractivity contribution < 1.29 is 33.3 Å². The maximum Gasteiger partial charge on any atom is 0.411 e. The van der Waals surface area contributed by atoms with Crippen LogP contribution < -0.4 is 14.8 Å². The predicted molar refractivity (Wildman–Crippen MR) is 175 cm³/mol. The highest BCUT2D eigenvalue weighted by Gasteiger charge is 2.51. The van der Waals surface area contributed by atoms with Gasteiger partial charge in [-0.2, -0.15) is 0 Å². The molecule has 0 bridgehead atoms. The Morgan fingerprint density at radius 3 is 2.34 bits per heavy atom. The van der Waals surface area contributed by atoms with Crippen LogP contribution in [0.15, 0.2) is 84.1 Å². The van der Waals surface area contributed by atoms with Crippen LogP contribution >= 0.6 is 0 Å². The molecular weight excluding hydrogens is 596 g/mol. The fourth-order valence-electron chi connectivity index (χ4n) is 8.39. The van der Waals surface area contributed by atoms with Gasteiger partial charge in [-0.15, -0.1) is 0 Å². The predicted octanol–water partition coefficient (Wildman–Crippen LogP) is 6.75. The van der Waals surface area contributed by atoms with Crippen molar-refractivity contribution >= 4 is 17.7 Å². The first-order chi connectivity index (χ1) is 23.0. The van der Waals surface area contributed by atoms with Gasteiger partial charge in [-0.3, -0.25) is 10.1 Å². The lowest BCUT2D eigenvalue weighted by Crippen LogP contribution is -2.44. The topological polar surface area (TPSA) is 95.6 Å². The van der Waals surface area contributed by atoms with E-state index in [0.29, 0.717) is 43.4 Å². The first kappa shape index (κ1) is 29.8. The smallest absolute Gasteiger partial charge is 0.411 e. The molecule has 8 rings (SSSR count). The van der Waals surface area contributed by atoms with Crippen LogP contribution in [0.5, 0.6) is 11.5 Å². The number of rotatable bonds is 8. The number of anilines is 1. The zero-order valence-corrected chi connectivity index (χ0v) is 26.6. The Morgan fingerprint density at radius 2 is 1.64 bits per heavy atom. The van der Waals surface area contributed by atoms with Crippen molar-refractivity contribution in [2.24, 2.45) is 5.41 Å². The fourth-order valence-corrected chi connectivity index (χ4v) is 8.39. The van der Waals surface area contributed by atoms with Crippen LogP contribution in [0.25, 0.3) is 11.1 Å². The van der Waals surface area contributed by atoms with E-state index >= 15 is 0 Å². The minimum Gasteiger partial charge on any atom is -0.493 e. The van der Waals surface area contributed by atoms with E-state index in [9.17, 15) is 9.59 Å². The molecule has 3 heterocycles. The van der Waals surface area contributed by atoms with Gasteiger partial charge >= 0.3 is 6.09 Å². The van der Waals surface area contributed by atoms with Crippen molar-refractivity contribution in [3.05, 3.63) is 101 Å². The normalized spacial score (nSPS) is 23.1. The fraction of sp³-hybridized carbons (Fsp3) is 0.368. The number of nitrogens with zero attached hydrogens (tertiary/aromatic N) is 1. The van der Waals surface area contributed by atoms with Crippen molar-refractivity contribution in [2.75, 3.05) is 45.9 Å². The van der Waals surface area contributed by atoms with Gasteiger partial charge in [0.05, 0.1) is 33.1 Å². The van der Waals surface area contributed by atoms with Gasteiger partial charge in [0.1, 0.15) is 6.61 Å². The van der Waals surface area contributed by atoms with Crippen LogP contribution in [0.2, 0.25) is 0 Å². The number of allylic oxidation sites excluding steroid dienone is 2. The summed E-state index contributed by atoms with van der Waals surface area (Å²) in [6.07, 6.45) is 6.10. The van der Waals surface area contributed by atoms with Crippen molar-refractivity contribution in [3.63, 3.8) is 0 Å². The summed E-state index contributed by atoms with van der Waals surface area (Å²) in [5, 5.41) is 3.02. The molecule has 0 radical (unpaired) electrons. The monoisotopic (exact) mass is 634 g/mol. The van der Waals surface area contributed by atoms with Crippen molar-refractivity contribution in [3.8, 4) is 22.6 Å². The summed E-state index contributed by atoms with van der Waals surface area (Å²) >= 11 is 0. The lowest BCUT2D eigenvalue weighted by molar-refractivity contribution is -0.131. The maximum absolute atomic E-state index is 13.8. The summed E-state index contributed by atoms with van der Waals surface area (Å²) in [4.78, 5) is 29.3.